The summed E-state index contributed by atoms with van der Waals surface area (Å²) in [6.45, 7) is 3.75. The zero-order chi connectivity index (χ0) is 13.6. The molecule has 0 aliphatic heterocycles. The van der Waals surface area contributed by atoms with Gasteiger partial charge in [-0.05, 0) is 63.0 Å². The first-order valence-electron chi connectivity index (χ1n) is 7.04. The Hall–Kier alpha value is -1.58. The molecule has 1 aromatic heterocycles. The zero-order valence-corrected chi connectivity index (χ0v) is 11.4. The number of hydrogen-bond acceptors (Lipinski definition) is 3. The van der Waals surface area contributed by atoms with E-state index < -0.39 is 5.97 Å². The van der Waals surface area contributed by atoms with E-state index in [2.05, 4.69) is 10.3 Å². The Bertz CT molecular complexity index is 507. The third-order valence-corrected chi connectivity index (χ3v) is 4.12. The lowest BCUT2D eigenvalue weighted by atomic mass is 10.1. The highest BCUT2D eigenvalue weighted by atomic mass is 16.4. The Morgan fingerprint density at radius 2 is 1.89 bits per heavy atom. The van der Waals surface area contributed by atoms with Gasteiger partial charge < -0.3 is 10.4 Å². The lowest BCUT2D eigenvalue weighted by molar-refractivity contribution is 0.0696. The Morgan fingerprint density at radius 3 is 2.37 bits per heavy atom. The number of hydrogen-bond donors (Lipinski definition) is 2. The Balaban J connectivity index is 1.91. The molecular weight excluding hydrogens is 240 g/mol. The van der Waals surface area contributed by atoms with Gasteiger partial charge in [-0.25, -0.2) is 9.78 Å². The molecule has 0 bridgehead atoms. The van der Waals surface area contributed by atoms with Crippen molar-refractivity contribution in [3.63, 3.8) is 0 Å². The van der Waals surface area contributed by atoms with Crippen LogP contribution in [-0.4, -0.2) is 22.1 Å². The van der Waals surface area contributed by atoms with Gasteiger partial charge in [0.15, 0.2) is 0 Å². The smallest absolute Gasteiger partial charge is 0.339 e. The van der Waals surface area contributed by atoms with Gasteiger partial charge in [0.25, 0.3) is 0 Å². The van der Waals surface area contributed by atoms with Crippen molar-refractivity contribution in [2.75, 3.05) is 5.32 Å². The van der Waals surface area contributed by atoms with Crippen LogP contribution >= 0.6 is 0 Å². The monoisotopic (exact) mass is 260 g/mol. The molecule has 4 heteroatoms. The molecule has 0 spiro atoms. The van der Waals surface area contributed by atoms with E-state index in [0.29, 0.717) is 17.4 Å². The van der Waals surface area contributed by atoms with Crippen molar-refractivity contribution in [1.82, 2.24) is 4.98 Å². The number of nitrogens with zero attached hydrogens (tertiary/aromatic N) is 1. The van der Waals surface area contributed by atoms with Crippen LogP contribution in [0.25, 0.3) is 0 Å². The number of aromatic nitrogens is 1. The predicted molar refractivity (Wildman–Crippen MR) is 73.5 cm³/mol. The van der Waals surface area contributed by atoms with Gasteiger partial charge in [-0.3, -0.25) is 0 Å². The minimum absolute atomic E-state index is 0.330. The number of aryl methyl sites for hydroxylation is 2. The van der Waals surface area contributed by atoms with E-state index in [4.69, 9.17) is 0 Å². The number of carboxylic acids is 1. The van der Waals surface area contributed by atoms with Crippen molar-refractivity contribution < 1.29 is 9.90 Å². The maximum absolute atomic E-state index is 11.4. The number of carboxylic acid groups (broad SMARTS) is 1. The molecule has 2 fully saturated rings. The van der Waals surface area contributed by atoms with Gasteiger partial charge in [0.05, 0.1) is 0 Å². The number of carbonyl (C=O) groups is 1. The lowest BCUT2D eigenvalue weighted by Gasteiger charge is -2.20. The summed E-state index contributed by atoms with van der Waals surface area (Å²) in [5, 5.41) is 12.8. The molecular formula is C15H20N2O2. The quantitative estimate of drug-likeness (QED) is 0.854. The number of anilines is 1. The molecule has 1 aromatic rings. The van der Waals surface area contributed by atoms with Crippen molar-refractivity contribution in [1.29, 1.82) is 0 Å². The molecule has 0 amide bonds. The van der Waals surface area contributed by atoms with Crippen LogP contribution in [0.1, 0.15) is 47.3 Å². The average molecular weight is 260 g/mol. The predicted octanol–water partition coefficient (Wildman–Crippen LogP) is 3.00. The van der Waals surface area contributed by atoms with E-state index in [9.17, 15) is 9.90 Å². The Morgan fingerprint density at radius 1 is 1.32 bits per heavy atom. The minimum Gasteiger partial charge on any atom is -0.478 e. The van der Waals surface area contributed by atoms with Crippen LogP contribution in [0.5, 0.6) is 0 Å². The number of pyridine rings is 1. The van der Waals surface area contributed by atoms with Gasteiger partial charge in [0.1, 0.15) is 11.4 Å². The molecule has 4 nitrogen and oxygen atoms in total. The summed E-state index contributed by atoms with van der Waals surface area (Å²) in [6, 6.07) is 2.25. The second-order valence-corrected chi connectivity index (χ2v) is 5.95. The maximum atomic E-state index is 11.4. The first-order chi connectivity index (χ1) is 9.06. The summed E-state index contributed by atoms with van der Waals surface area (Å²) in [4.78, 5) is 15.8. The van der Waals surface area contributed by atoms with E-state index >= 15 is 0 Å². The number of aromatic carboxylic acids is 1. The molecule has 2 aliphatic rings. The second kappa shape index (κ2) is 4.51. The standard InChI is InChI=1S/C15H20N2O2/c1-8-7-9(2)16-14(12(8)15(18)19)17-13(10-3-4-10)11-5-6-11/h7,10-11,13H,3-6H2,1-2H3,(H,16,17)(H,18,19). The molecule has 102 valence electrons. The van der Waals surface area contributed by atoms with Crippen molar-refractivity contribution in [2.24, 2.45) is 11.8 Å². The van der Waals surface area contributed by atoms with Crippen molar-refractivity contribution >= 4 is 11.8 Å². The van der Waals surface area contributed by atoms with Gasteiger partial charge in [0.2, 0.25) is 0 Å². The van der Waals surface area contributed by atoms with Crippen molar-refractivity contribution in [2.45, 2.75) is 45.6 Å². The molecule has 1 heterocycles. The normalized spacial score (nSPS) is 18.7. The van der Waals surface area contributed by atoms with Crippen molar-refractivity contribution in [3.05, 3.63) is 22.9 Å². The number of nitrogens with one attached hydrogen (secondary N) is 1. The minimum atomic E-state index is -0.891. The van der Waals surface area contributed by atoms with E-state index in [-0.39, 0.29) is 0 Å². The van der Waals surface area contributed by atoms with Gasteiger partial charge >= 0.3 is 5.97 Å². The summed E-state index contributed by atoms with van der Waals surface area (Å²) in [6.07, 6.45) is 5.06. The molecule has 0 radical (unpaired) electrons. The lowest BCUT2D eigenvalue weighted by Crippen LogP contribution is -2.26. The molecule has 0 unspecified atom stereocenters. The molecule has 19 heavy (non-hydrogen) atoms. The van der Waals surface area contributed by atoms with Crippen LogP contribution in [0, 0.1) is 25.7 Å². The molecule has 0 atom stereocenters. The molecule has 2 saturated carbocycles. The van der Waals surface area contributed by atoms with Crippen LogP contribution in [0.4, 0.5) is 5.82 Å². The van der Waals surface area contributed by atoms with Crippen LogP contribution < -0.4 is 5.32 Å². The average Bonchev–Trinajstić information content (AvgIpc) is 3.17. The fourth-order valence-electron chi connectivity index (χ4n) is 2.90. The highest BCUT2D eigenvalue weighted by molar-refractivity contribution is 5.94. The first kappa shape index (κ1) is 12.5. The SMILES string of the molecule is Cc1cc(C)c(C(=O)O)c(NC(C2CC2)C2CC2)n1. The molecule has 0 saturated heterocycles. The summed E-state index contributed by atoms with van der Waals surface area (Å²) in [5.41, 5.74) is 1.99. The van der Waals surface area contributed by atoms with Gasteiger partial charge in [-0.15, -0.1) is 0 Å². The summed E-state index contributed by atoms with van der Waals surface area (Å²) >= 11 is 0. The highest BCUT2D eigenvalue weighted by Crippen LogP contribution is 2.46. The van der Waals surface area contributed by atoms with E-state index in [1.54, 1.807) is 0 Å². The van der Waals surface area contributed by atoms with Crippen LogP contribution in [0.3, 0.4) is 0 Å². The van der Waals surface area contributed by atoms with E-state index in [0.717, 1.165) is 23.1 Å². The van der Waals surface area contributed by atoms with Crippen LogP contribution in [0.2, 0.25) is 0 Å². The highest BCUT2D eigenvalue weighted by Gasteiger charge is 2.42. The zero-order valence-electron chi connectivity index (χ0n) is 11.4. The number of rotatable bonds is 5. The molecule has 3 rings (SSSR count). The fourth-order valence-corrected chi connectivity index (χ4v) is 2.90. The van der Waals surface area contributed by atoms with Gasteiger partial charge in [-0.1, -0.05) is 0 Å². The second-order valence-electron chi connectivity index (χ2n) is 5.95. The molecule has 2 aliphatic carbocycles. The first-order valence-corrected chi connectivity index (χ1v) is 7.04. The van der Waals surface area contributed by atoms with Crippen LogP contribution in [0.15, 0.2) is 6.07 Å². The molecule has 2 N–H and O–H groups in total. The third-order valence-electron chi connectivity index (χ3n) is 4.12. The van der Waals surface area contributed by atoms with E-state index in [1.807, 2.05) is 19.9 Å². The Kier molecular flexibility index (Phi) is 2.96. The maximum Gasteiger partial charge on any atom is 0.339 e. The fraction of sp³-hybridized carbons (Fsp3) is 0.600. The van der Waals surface area contributed by atoms with Gasteiger partial charge in [0, 0.05) is 11.7 Å². The largest absolute Gasteiger partial charge is 0.478 e. The van der Waals surface area contributed by atoms with Crippen molar-refractivity contribution in [3.8, 4) is 0 Å². The summed E-state index contributed by atoms with van der Waals surface area (Å²) < 4.78 is 0. The third kappa shape index (κ3) is 2.57. The topological polar surface area (TPSA) is 62.2 Å². The van der Waals surface area contributed by atoms with E-state index in [1.165, 1.54) is 25.7 Å². The summed E-state index contributed by atoms with van der Waals surface area (Å²) in [5.74, 6) is 1.11. The molecule has 0 aromatic carbocycles. The Labute approximate surface area is 113 Å². The van der Waals surface area contributed by atoms with Gasteiger partial charge in [-0.2, -0.15) is 0 Å². The van der Waals surface area contributed by atoms with Crippen LogP contribution in [-0.2, 0) is 0 Å². The summed E-state index contributed by atoms with van der Waals surface area (Å²) in [7, 11) is 0.